The molecule has 1 aromatic heterocycles. The minimum absolute atomic E-state index is 0.00352. The zero-order valence-electron chi connectivity index (χ0n) is 17.4. The summed E-state index contributed by atoms with van der Waals surface area (Å²) in [6.07, 6.45) is 7.42. The van der Waals surface area contributed by atoms with Crippen LogP contribution in [-0.2, 0) is 4.79 Å². The fraction of sp³-hybridized carbons (Fsp3) is 0.409. The van der Waals surface area contributed by atoms with Crippen LogP contribution in [-0.4, -0.2) is 41.2 Å². The van der Waals surface area contributed by atoms with Gasteiger partial charge in [0, 0.05) is 17.0 Å². The summed E-state index contributed by atoms with van der Waals surface area (Å²) in [7, 11) is 3.21. The van der Waals surface area contributed by atoms with Crippen molar-refractivity contribution in [2.75, 3.05) is 14.2 Å². The number of nitrogens with zero attached hydrogens (tertiary/aromatic N) is 3. The molecule has 2 heterocycles. The lowest BCUT2D eigenvalue weighted by Gasteiger charge is -2.30. The fourth-order valence-electron chi connectivity index (χ4n) is 3.87. The lowest BCUT2D eigenvalue weighted by atomic mass is 9.94. The van der Waals surface area contributed by atoms with Gasteiger partial charge in [0.1, 0.15) is 0 Å². The Labute approximate surface area is 185 Å². The van der Waals surface area contributed by atoms with Crippen molar-refractivity contribution in [1.82, 2.24) is 9.88 Å². The molecule has 0 atom stereocenters. The lowest BCUT2D eigenvalue weighted by Crippen LogP contribution is -2.40. The second-order valence-electron chi connectivity index (χ2n) is 7.33. The van der Waals surface area contributed by atoms with Crippen molar-refractivity contribution in [2.24, 2.45) is 4.99 Å². The number of aliphatic imine (C=N–C) groups is 1. The normalized spacial score (nSPS) is 20.4. The molecule has 2 aromatic rings. The van der Waals surface area contributed by atoms with Crippen molar-refractivity contribution in [3.8, 4) is 11.5 Å². The molecule has 1 saturated carbocycles. The minimum atomic E-state index is 0.00352. The van der Waals surface area contributed by atoms with Crippen molar-refractivity contribution in [3.05, 3.63) is 39.7 Å². The van der Waals surface area contributed by atoms with Crippen LogP contribution < -0.4 is 9.47 Å². The molecule has 6 nitrogen and oxygen atoms in total. The van der Waals surface area contributed by atoms with Crippen LogP contribution in [0.1, 0.15) is 43.4 Å². The van der Waals surface area contributed by atoms with Crippen molar-refractivity contribution in [2.45, 2.75) is 45.1 Å². The lowest BCUT2D eigenvalue weighted by molar-refractivity contribution is -0.124. The number of amides is 1. The summed E-state index contributed by atoms with van der Waals surface area (Å²) < 4.78 is 10.9. The number of thioether (sulfide) groups is 1. The smallest absolute Gasteiger partial charge is 0.267 e. The maximum atomic E-state index is 13.4. The molecular formula is C22H25N3O3S2. The summed E-state index contributed by atoms with van der Waals surface area (Å²) in [5.41, 5.74) is 1.75. The van der Waals surface area contributed by atoms with Gasteiger partial charge in [-0.25, -0.2) is 4.98 Å². The molecule has 0 spiro atoms. The Morgan fingerprint density at radius 2 is 2.00 bits per heavy atom. The van der Waals surface area contributed by atoms with E-state index in [1.807, 2.05) is 41.5 Å². The van der Waals surface area contributed by atoms with E-state index in [0.717, 1.165) is 42.1 Å². The van der Waals surface area contributed by atoms with Gasteiger partial charge < -0.3 is 9.47 Å². The Bertz CT molecular complexity index is 993. The maximum absolute atomic E-state index is 13.4. The zero-order chi connectivity index (χ0) is 21.1. The molecule has 1 aliphatic carbocycles. The number of para-hydroxylation sites is 1. The van der Waals surface area contributed by atoms with Gasteiger partial charge in [-0.05, 0) is 43.7 Å². The number of carbonyl (C=O) groups excluding carboxylic acids is 1. The summed E-state index contributed by atoms with van der Waals surface area (Å²) in [6, 6.07) is 5.85. The highest BCUT2D eigenvalue weighted by Crippen LogP contribution is 2.40. The van der Waals surface area contributed by atoms with Gasteiger partial charge in [-0.3, -0.25) is 9.69 Å². The first kappa shape index (κ1) is 20.9. The Balaban J connectivity index is 1.73. The van der Waals surface area contributed by atoms with Gasteiger partial charge in [-0.15, -0.1) is 11.3 Å². The van der Waals surface area contributed by atoms with E-state index in [0.29, 0.717) is 21.5 Å². The van der Waals surface area contributed by atoms with E-state index in [1.165, 1.54) is 29.5 Å². The summed E-state index contributed by atoms with van der Waals surface area (Å²) in [4.78, 5) is 25.2. The molecule has 0 bridgehead atoms. The highest BCUT2D eigenvalue weighted by molar-refractivity contribution is 8.18. The monoisotopic (exact) mass is 443 g/mol. The van der Waals surface area contributed by atoms with Gasteiger partial charge in [-0.2, -0.15) is 4.99 Å². The molecule has 30 heavy (non-hydrogen) atoms. The highest BCUT2D eigenvalue weighted by atomic mass is 32.2. The van der Waals surface area contributed by atoms with Gasteiger partial charge in [0.15, 0.2) is 16.7 Å². The average molecular weight is 444 g/mol. The quantitative estimate of drug-likeness (QED) is 0.579. The maximum Gasteiger partial charge on any atom is 0.267 e. The number of hydrogen-bond donors (Lipinski definition) is 0. The van der Waals surface area contributed by atoms with Crippen LogP contribution in [0.25, 0.3) is 6.08 Å². The number of carbonyl (C=O) groups is 1. The summed E-state index contributed by atoms with van der Waals surface area (Å²) in [5.74, 6) is 1.26. The molecule has 2 fully saturated rings. The number of amidine groups is 1. The van der Waals surface area contributed by atoms with E-state index < -0.39 is 0 Å². The van der Waals surface area contributed by atoms with E-state index in [9.17, 15) is 4.79 Å². The van der Waals surface area contributed by atoms with Gasteiger partial charge in [0.05, 0.1) is 24.8 Å². The van der Waals surface area contributed by atoms with Crippen LogP contribution in [0.2, 0.25) is 0 Å². The van der Waals surface area contributed by atoms with E-state index in [2.05, 4.69) is 4.98 Å². The van der Waals surface area contributed by atoms with E-state index in [4.69, 9.17) is 14.5 Å². The molecule has 1 amide bonds. The largest absolute Gasteiger partial charge is 0.493 e. The number of rotatable bonds is 5. The second kappa shape index (κ2) is 9.22. The molecule has 158 valence electrons. The molecule has 0 N–H and O–H groups in total. The molecule has 0 unspecified atom stereocenters. The second-order valence-corrected chi connectivity index (χ2v) is 9.17. The number of aromatic nitrogens is 1. The first-order chi connectivity index (χ1) is 14.6. The number of aryl methyl sites for hydroxylation is 1. The summed E-state index contributed by atoms with van der Waals surface area (Å²) >= 11 is 2.91. The SMILES string of the molecule is COc1cccc(/C=C2\S/C(=N/c3nc(C)cs3)N(C3CCCCC3)C2=O)c1OC. The first-order valence-electron chi connectivity index (χ1n) is 10.1. The predicted octanol–water partition coefficient (Wildman–Crippen LogP) is 5.41. The number of methoxy groups -OCH3 is 2. The third kappa shape index (κ3) is 4.25. The Morgan fingerprint density at radius 3 is 2.67 bits per heavy atom. The molecule has 8 heteroatoms. The topological polar surface area (TPSA) is 64.0 Å². The number of benzene rings is 1. The number of hydrogen-bond acceptors (Lipinski definition) is 7. The van der Waals surface area contributed by atoms with Crippen molar-refractivity contribution in [3.63, 3.8) is 0 Å². The molecular weight excluding hydrogens is 418 g/mol. The molecule has 1 saturated heterocycles. The third-order valence-corrected chi connectivity index (χ3v) is 7.13. The van der Waals surface area contributed by atoms with Gasteiger partial charge in [0.25, 0.3) is 5.91 Å². The Hall–Kier alpha value is -2.32. The van der Waals surface area contributed by atoms with Crippen LogP contribution in [0.4, 0.5) is 5.13 Å². The first-order valence-corrected chi connectivity index (χ1v) is 11.7. The standard InChI is InChI=1S/C22H25N3O3S2/c1-14-13-29-21(23-14)24-22-25(16-9-5-4-6-10-16)20(26)18(30-22)12-15-8-7-11-17(27-2)19(15)28-3/h7-8,11-13,16H,4-6,9-10H2,1-3H3/b18-12-,24-22+. The molecule has 0 radical (unpaired) electrons. The Morgan fingerprint density at radius 1 is 1.20 bits per heavy atom. The summed E-state index contributed by atoms with van der Waals surface area (Å²) in [6.45, 7) is 1.95. The van der Waals surface area contributed by atoms with Crippen molar-refractivity contribution < 1.29 is 14.3 Å². The summed E-state index contributed by atoms with van der Waals surface area (Å²) in [5, 5.41) is 3.38. The van der Waals surface area contributed by atoms with Crippen molar-refractivity contribution in [1.29, 1.82) is 0 Å². The number of ether oxygens (including phenoxy) is 2. The number of thiazole rings is 1. The van der Waals surface area contributed by atoms with Gasteiger partial charge >= 0.3 is 0 Å². The van der Waals surface area contributed by atoms with E-state index in [1.54, 1.807) is 14.2 Å². The van der Waals surface area contributed by atoms with Crippen LogP contribution in [0.3, 0.4) is 0 Å². The molecule has 2 aliphatic rings. The van der Waals surface area contributed by atoms with Gasteiger partial charge in [0.2, 0.25) is 5.13 Å². The minimum Gasteiger partial charge on any atom is -0.493 e. The molecule has 1 aliphatic heterocycles. The highest BCUT2D eigenvalue weighted by Gasteiger charge is 2.39. The van der Waals surface area contributed by atoms with Gasteiger partial charge in [-0.1, -0.05) is 31.4 Å². The molecule has 1 aromatic carbocycles. The predicted molar refractivity (Wildman–Crippen MR) is 123 cm³/mol. The van der Waals surface area contributed by atoms with E-state index >= 15 is 0 Å². The van der Waals surface area contributed by atoms with Crippen LogP contribution in [0, 0.1) is 6.92 Å². The third-order valence-electron chi connectivity index (χ3n) is 5.29. The van der Waals surface area contributed by atoms with Crippen LogP contribution in [0.15, 0.2) is 33.5 Å². The van der Waals surface area contributed by atoms with E-state index in [-0.39, 0.29) is 11.9 Å². The average Bonchev–Trinajstić information content (AvgIpc) is 3.31. The van der Waals surface area contributed by atoms with Crippen LogP contribution >= 0.6 is 23.1 Å². The Kier molecular flexibility index (Phi) is 6.43. The molecule has 4 rings (SSSR count). The van der Waals surface area contributed by atoms with Crippen LogP contribution in [0.5, 0.6) is 11.5 Å². The van der Waals surface area contributed by atoms with Crippen molar-refractivity contribution >= 4 is 45.4 Å². The zero-order valence-corrected chi connectivity index (χ0v) is 19.0. The fourth-order valence-corrected chi connectivity index (χ4v) is 5.62.